The van der Waals surface area contributed by atoms with Gasteiger partial charge in [0.1, 0.15) is 18.2 Å². The second kappa shape index (κ2) is 11.1. The van der Waals surface area contributed by atoms with E-state index in [9.17, 15) is 31.1 Å². The van der Waals surface area contributed by atoms with Crippen molar-refractivity contribution in [1.29, 1.82) is 0 Å². The lowest BCUT2D eigenvalue weighted by atomic mass is 9.90. The van der Waals surface area contributed by atoms with E-state index >= 15 is 0 Å². The molecule has 37 heavy (non-hydrogen) atoms. The molecule has 7 nitrogen and oxygen atoms in total. The maximum Gasteiger partial charge on any atom is 0.421 e. The van der Waals surface area contributed by atoms with Crippen LogP contribution in [0, 0.1) is 5.92 Å². The summed E-state index contributed by atoms with van der Waals surface area (Å²) < 4.78 is 102. The highest BCUT2D eigenvalue weighted by Crippen LogP contribution is 2.44. The molecule has 0 aliphatic carbocycles. The molecule has 5 unspecified atom stereocenters. The molecule has 0 aromatic heterocycles. The van der Waals surface area contributed by atoms with Crippen LogP contribution < -0.4 is 16.2 Å². The molecule has 3 N–H and O–H groups in total. The molecule has 3 fully saturated rings. The minimum atomic E-state index is -4.94. The number of hydrogen-bond donors (Lipinski definition) is 3. The number of alkyl halides is 6. The number of rotatable bonds is 3. The number of hydrazine groups is 1. The Bertz CT molecular complexity index is 918. The Morgan fingerprint density at radius 2 is 1.70 bits per heavy atom. The van der Waals surface area contributed by atoms with Crippen molar-refractivity contribution in [2.45, 2.75) is 101 Å². The summed E-state index contributed by atoms with van der Waals surface area (Å²) in [6, 6.07) is 7.52. The smallest absolute Gasteiger partial charge is 0.360 e. The molecular formula is C24H31F6N3O4. The zero-order valence-corrected chi connectivity index (χ0v) is 20.2. The summed E-state index contributed by atoms with van der Waals surface area (Å²) in [4.78, 5) is 12.6. The fourth-order valence-corrected chi connectivity index (χ4v) is 4.99. The van der Waals surface area contributed by atoms with Crippen molar-refractivity contribution in [2.75, 3.05) is 0 Å². The Hall–Kier alpha value is -1.77. The first-order valence-corrected chi connectivity index (χ1v) is 12.3. The number of fused-ring (bicyclic) bond motifs is 5. The Kier molecular flexibility index (Phi) is 8.51. The summed E-state index contributed by atoms with van der Waals surface area (Å²) in [5.74, 6) is -2.28. The second-order valence-corrected chi connectivity index (χ2v) is 9.83. The number of ketones is 1. The van der Waals surface area contributed by atoms with Crippen molar-refractivity contribution in [1.82, 2.24) is 16.2 Å². The summed E-state index contributed by atoms with van der Waals surface area (Å²) in [6.45, 7) is 1.16. The number of ether oxygens (including phenoxy) is 3. The maximum atomic E-state index is 14.7. The normalized spacial score (nSPS) is 36.2. The standard InChI is InChI=1S/C24H31F6N3O4/c1-14-7-8-16(34)11-12-22(24(28,29)30,35-13-15-5-3-2-4-6-15)21-33-32-20(37-21)18-10-9-17(23(25,26)27)19(31-18)36-14/h2-6,14,17-21,31-33H,7-13H2,1H3/t14-,17?,18?,19?,20?,21?,22-/m1/s1. The van der Waals surface area contributed by atoms with Gasteiger partial charge in [-0.15, -0.1) is 0 Å². The molecule has 0 amide bonds. The summed E-state index contributed by atoms with van der Waals surface area (Å²) in [5.41, 5.74) is 2.75. The molecule has 3 aliphatic heterocycles. The van der Waals surface area contributed by atoms with Crippen molar-refractivity contribution in [3.8, 4) is 0 Å². The van der Waals surface area contributed by atoms with E-state index in [1.807, 2.05) is 0 Å². The fraction of sp³-hybridized carbons (Fsp3) is 0.708. The van der Waals surface area contributed by atoms with Crippen molar-refractivity contribution in [3.05, 3.63) is 35.9 Å². The molecule has 1 aromatic carbocycles. The average Bonchev–Trinajstić information content (AvgIpc) is 3.32. The van der Waals surface area contributed by atoms with Gasteiger partial charge in [-0.25, -0.2) is 10.9 Å². The quantitative estimate of drug-likeness (QED) is 0.500. The van der Waals surface area contributed by atoms with Gasteiger partial charge in [0.05, 0.1) is 24.7 Å². The number of halogens is 6. The Balaban J connectivity index is 1.63. The van der Waals surface area contributed by atoms with Crippen molar-refractivity contribution in [3.63, 3.8) is 0 Å². The van der Waals surface area contributed by atoms with E-state index in [-0.39, 0.29) is 32.3 Å². The Morgan fingerprint density at radius 3 is 2.38 bits per heavy atom. The molecule has 3 saturated heterocycles. The van der Waals surface area contributed by atoms with Crippen molar-refractivity contribution in [2.24, 2.45) is 5.92 Å². The molecule has 0 radical (unpaired) electrons. The summed E-state index contributed by atoms with van der Waals surface area (Å²) in [5, 5.41) is 2.78. The zero-order valence-electron chi connectivity index (χ0n) is 20.2. The van der Waals surface area contributed by atoms with Crippen LogP contribution in [0.5, 0.6) is 0 Å². The third-order valence-electron chi connectivity index (χ3n) is 7.18. The minimum Gasteiger partial charge on any atom is -0.360 e. The number of benzene rings is 1. The number of nitrogens with one attached hydrogen (secondary N) is 3. The summed E-state index contributed by atoms with van der Waals surface area (Å²) in [7, 11) is 0. The maximum absolute atomic E-state index is 14.7. The monoisotopic (exact) mass is 539 g/mol. The van der Waals surface area contributed by atoms with E-state index in [4.69, 9.17) is 14.2 Å². The lowest BCUT2D eigenvalue weighted by molar-refractivity contribution is -0.320. The minimum absolute atomic E-state index is 0.00708. The molecule has 208 valence electrons. The van der Waals surface area contributed by atoms with Gasteiger partial charge in [0, 0.05) is 12.8 Å². The van der Waals surface area contributed by atoms with E-state index in [0.29, 0.717) is 5.56 Å². The van der Waals surface area contributed by atoms with Gasteiger partial charge >= 0.3 is 12.4 Å². The molecular weight excluding hydrogens is 508 g/mol. The largest absolute Gasteiger partial charge is 0.421 e. The average molecular weight is 540 g/mol. The molecule has 4 bridgehead atoms. The van der Waals surface area contributed by atoms with Gasteiger partial charge in [-0.2, -0.15) is 26.3 Å². The molecule has 3 aliphatic rings. The molecule has 0 spiro atoms. The summed E-state index contributed by atoms with van der Waals surface area (Å²) in [6.07, 6.45) is -16.0. The highest BCUT2D eigenvalue weighted by atomic mass is 19.4. The van der Waals surface area contributed by atoms with Crippen LogP contribution in [-0.2, 0) is 25.6 Å². The first-order chi connectivity index (χ1) is 17.4. The van der Waals surface area contributed by atoms with Gasteiger partial charge in [0.15, 0.2) is 6.23 Å². The topological polar surface area (TPSA) is 80.9 Å². The van der Waals surface area contributed by atoms with Gasteiger partial charge in [0.25, 0.3) is 0 Å². The van der Waals surface area contributed by atoms with Crippen LogP contribution >= 0.6 is 0 Å². The Labute approximate surface area is 210 Å². The van der Waals surface area contributed by atoms with Crippen LogP contribution in [0.3, 0.4) is 0 Å². The number of carbonyl (C=O) groups excluding carboxylic acids is 1. The first-order valence-electron chi connectivity index (χ1n) is 12.3. The first kappa shape index (κ1) is 28.2. The number of Topliss-reactive ketones (excluding diaryl/α,β-unsaturated/α-hetero) is 1. The van der Waals surface area contributed by atoms with Crippen LogP contribution in [-0.4, -0.2) is 54.6 Å². The molecule has 7 atom stereocenters. The summed E-state index contributed by atoms with van der Waals surface area (Å²) >= 11 is 0. The predicted octanol–water partition coefficient (Wildman–Crippen LogP) is 4.09. The zero-order chi connectivity index (χ0) is 26.8. The van der Waals surface area contributed by atoms with E-state index in [0.717, 1.165) is 0 Å². The third kappa shape index (κ3) is 6.45. The predicted molar refractivity (Wildman–Crippen MR) is 118 cm³/mol. The molecule has 0 saturated carbocycles. The van der Waals surface area contributed by atoms with Gasteiger partial charge in [-0.05, 0) is 38.2 Å². The van der Waals surface area contributed by atoms with Gasteiger partial charge in [-0.3, -0.25) is 10.1 Å². The van der Waals surface area contributed by atoms with E-state index < -0.39 is 73.3 Å². The number of piperidine rings is 1. The number of hydrogen-bond acceptors (Lipinski definition) is 7. The van der Waals surface area contributed by atoms with Crippen LogP contribution in [0.2, 0.25) is 0 Å². The van der Waals surface area contributed by atoms with Crippen LogP contribution in [0.1, 0.15) is 51.0 Å². The fourth-order valence-electron chi connectivity index (χ4n) is 4.99. The second-order valence-electron chi connectivity index (χ2n) is 9.83. The van der Waals surface area contributed by atoms with E-state index in [1.54, 1.807) is 37.3 Å². The third-order valence-corrected chi connectivity index (χ3v) is 7.18. The van der Waals surface area contributed by atoms with Gasteiger partial charge < -0.3 is 14.2 Å². The number of carbonyl (C=O) groups is 1. The Morgan fingerprint density at radius 1 is 0.973 bits per heavy atom. The van der Waals surface area contributed by atoms with Crippen LogP contribution in [0.15, 0.2) is 30.3 Å². The molecule has 1 aromatic rings. The lowest BCUT2D eigenvalue weighted by Crippen LogP contribution is -2.61. The molecule has 13 heteroatoms. The van der Waals surface area contributed by atoms with Crippen molar-refractivity contribution >= 4 is 5.78 Å². The van der Waals surface area contributed by atoms with Crippen molar-refractivity contribution < 1.29 is 45.3 Å². The highest BCUT2D eigenvalue weighted by molar-refractivity contribution is 5.78. The van der Waals surface area contributed by atoms with Crippen LogP contribution in [0.4, 0.5) is 26.3 Å². The molecule has 4 rings (SSSR count). The van der Waals surface area contributed by atoms with E-state index in [2.05, 4.69) is 16.2 Å². The lowest BCUT2D eigenvalue weighted by Gasteiger charge is -2.42. The SMILES string of the molecule is C[C@@H]1CCC(=O)CC[C@](OCc2ccccc2)(C(F)(F)F)C2NNC(O2)C2CCC(C(F)(F)F)C(N2)O1. The highest BCUT2D eigenvalue weighted by Gasteiger charge is 2.64. The van der Waals surface area contributed by atoms with E-state index in [1.165, 1.54) is 0 Å². The molecule has 3 heterocycles. The van der Waals surface area contributed by atoms with Gasteiger partial charge in [0.2, 0.25) is 5.60 Å². The van der Waals surface area contributed by atoms with Gasteiger partial charge in [-0.1, -0.05) is 30.3 Å². The van der Waals surface area contributed by atoms with Crippen LogP contribution in [0.25, 0.3) is 0 Å².